The van der Waals surface area contributed by atoms with Gasteiger partial charge in [0.2, 0.25) is 5.91 Å². The molecule has 1 aliphatic carbocycles. The molecule has 1 aliphatic heterocycles. The molecule has 0 bridgehead atoms. The predicted molar refractivity (Wildman–Crippen MR) is 87.3 cm³/mol. The Morgan fingerprint density at radius 1 is 1.38 bits per heavy atom. The average molecular weight is 306 g/mol. The van der Waals surface area contributed by atoms with Crippen LogP contribution in [0.2, 0.25) is 0 Å². The second kappa shape index (κ2) is 6.93. The van der Waals surface area contributed by atoms with Crippen LogP contribution in [-0.4, -0.2) is 29.9 Å². The van der Waals surface area contributed by atoms with E-state index in [2.05, 4.69) is 34.7 Å². The normalized spacial score (nSPS) is 21.2. The Bertz CT molecular complexity index is 449. The van der Waals surface area contributed by atoms with E-state index in [1.807, 2.05) is 0 Å². The molecule has 2 fully saturated rings. The summed E-state index contributed by atoms with van der Waals surface area (Å²) < 4.78 is 0. The highest BCUT2D eigenvalue weighted by atomic mass is 32.1. The Labute approximate surface area is 131 Å². The van der Waals surface area contributed by atoms with E-state index in [0.29, 0.717) is 17.9 Å². The Kier molecular flexibility index (Phi) is 4.96. The van der Waals surface area contributed by atoms with Crippen molar-refractivity contribution < 1.29 is 4.79 Å². The van der Waals surface area contributed by atoms with Gasteiger partial charge in [0.15, 0.2) is 0 Å². The van der Waals surface area contributed by atoms with Crippen molar-refractivity contribution in [2.24, 2.45) is 11.8 Å². The smallest absolute Gasteiger partial charge is 0.223 e. The first-order valence-corrected chi connectivity index (χ1v) is 9.14. The van der Waals surface area contributed by atoms with Crippen molar-refractivity contribution in [3.63, 3.8) is 0 Å². The summed E-state index contributed by atoms with van der Waals surface area (Å²) in [6.45, 7) is 5.32. The van der Waals surface area contributed by atoms with Crippen LogP contribution in [0.1, 0.15) is 43.9 Å². The molecular weight excluding hydrogens is 280 g/mol. The first-order valence-electron chi connectivity index (χ1n) is 8.26. The summed E-state index contributed by atoms with van der Waals surface area (Å²) in [6.07, 6.45) is 5.57. The van der Waals surface area contributed by atoms with E-state index in [1.54, 1.807) is 11.3 Å². The number of carbonyl (C=O) groups is 1. The molecule has 1 saturated heterocycles. The molecule has 1 N–H and O–H groups in total. The summed E-state index contributed by atoms with van der Waals surface area (Å²) in [6, 6.07) is 4.73. The summed E-state index contributed by atoms with van der Waals surface area (Å²) >= 11 is 1.76. The fraction of sp³-hybridized carbons (Fsp3) is 0.706. The number of rotatable bonds is 6. The van der Waals surface area contributed by atoms with Gasteiger partial charge in [-0.1, -0.05) is 13.0 Å². The Morgan fingerprint density at radius 3 is 2.76 bits per heavy atom. The molecule has 2 heterocycles. The monoisotopic (exact) mass is 306 g/mol. The van der Waals surface area contributed by atoms with Gasteiger partial charge >= 0.3 is 0 Å². The molecule has 1 atom stereocenters. The molecule has 21 heavy (non-hydrogen) atoms. The highest BCUT2D eigenvalue weighted by Crippen LogP contribution is 2.32. The quantitative estimate of drug-likeness (QED) is 0.875. The molecule has 3 rings (SSSR count). The number of amides is 1. The van der Waals surface area contributed by atoms with Crippen LogP contribution in [0.3, 0.4) is 0 Å². The molecule has 4 heteroatoms. The molecule has 1 aromatic rings. The maximum Gasteiger partial charge on any atom is 0.223 e. The van der Waals surface area contributed by atoms with Crippen molar-refractivity contribution in [3.8, 4) is 0 Å². The van der Waals surface area contributed by atoms with Gasteiger partial charge in [-0.05, 0) is 62.1 Å². The zero-order valence-electron chi connectivity index (χ0n) is 12.9. The molecule has 1 amide bonds. The van der Waals surface area contributed by atoms with E-state index in [9.17, 15) is 4.79 Å². The van der Waals surface area contributed by atoms with E-state index >= 15 is 0 Å². The van der Waals surface area contributed by atoms with Gasteiger partial charge in [0.05, 0.1) is 6.54 Å². The van der Waals surface area contributed by atoms with Gasteiger partial charge in [0.25, 0.3) is 0 Å². The van der Waals surface area contributed by atoms with Crippen molar-refractivity contribution in [1.29, 1.82) is 0 Å². The van der Waals surface area contributed by atoms with Gasteiger partial charge in [-0.15, -0.1) is 11.3 Å². The van der Waals surface area contributed by atoms with Crippen LogP contribution in [-0.2, 0) is 11.3 Å². The lowest BCUT2D eigenvalue weighted by Crippen LogP contribution is -2.36. The minimum atomic E-state index is 0.372. The third kappa shape index (κ3) is 4.07. The van der Waals surface area contributed by atoms with Gasteiger partial charge in [-0.3, -0.25) is 4.79 Å². The predicted octanol–water partition coefficient (Wildman–Crippen LogP) is 3.26. The van der Waals surface area contributed by atoms with Gasteiger partial charge < -0.3 is 10.2 Å². The van der Waals surface area contributed by atoms with Crippen molar-refractivity contribution in [1.82, 2.24) is 10.2 Å². The van der Waals surface area contributed by atoms with Crippen LogP contribution in [0.4, 0.5) is 0 Å². The first kappa shape index (κ1) is 15.0. The topological polar surface area (TPSA) is 32.3 Å². The van der Waals surface area contributed by atoms with Crippen LogP contribution in [0, 0.1) is 11.8 Å². The summed E-state index contributed by atoms with van der Waals surface area (Å²) in [7, 11) is 0. The second-order valence-corrected chi connectivity index (χ2v) is 7.63. The number of nitrogens with one attached hydrogen (secondary N) is 1. The van der Waals surface area contributed by atoms with Crippen molar-refractivity contribution >= 4 is 17.2 Å². The average Bonchev–Trinajstić information content (AvgIpc) is 3.21. The van der Waals surface area contributed by atoms with E-state index in [0.717, 1.165) is 32.0 Å². The molecular formula is C17H26N2OS. The Balaban J connectivity index is 1.56. The Morgan fingerprint density at radius 2 is 2.14 bits per heavy atom. The fourth-order valence-electron chi connectivity index (χ4n) is 3.35. The molecule has 1 unspecified atom stereocenters. The van der Waals surface area contributed by atoms with Gasteiger partial charge in [0, 0.05) is 17.3 Å². The van der Waals surface area contributed by atoms with Crippen LogP contribution >= 0.6 is 11.3 Å². The van der Waals surface area contributed by atoms with Crippen LogP contribution in [0.15, 0.2) is 17.5 Å². The standard InChI is InChI=1S/C17H26N2OS/c1-13(14-6-8-18-9-7-14)11-17(20)19(15-4-5-15)12-16-3-2-10-21-16/h2-3,10,13-15,18H,4-9,11-12H2,1H3. The summed E-state index contributed by atoms with van der Waals surface area (Å²) in [5, 5.41) is 5.51. The molecule has 0 aromatic carbocycles. The van der Waals surface area contributed by atoms with Crippen LogP contribution in [0.25, 0.3) is 0 Å². The highest BCUT2D eigenvalue weighted by Gasteiger charge is 2.34. The summed E-state index contributed by atoms with van der Waals surface area (Å²) in [5.41, 5.74) is 0. The molecule has 1 saturated carbocycles. The molecule has 1 aromatic heterocycles. The zero-order chi connectivity index (χ0) is 14.7. The highest BCUT2D eigenvalue weighted by molar-refractivity contribution is 7.09. The van der Waals surface area contributed by atoms with Crippen molar-refractivity contribution in [2.45, 2.75) is 51.6 Å². The summed E-state index contributed by atoms with van der Waals surface area (Å²) in [5.74, 6) is 1.61. The van der Waals surface area contributed by atoms with Gasteiger partial charge in [0.1, 0.15) is 0 Å². The second-order valence-electron chi connectivity index (χ2n) is 6.60. The van der Waals surface area contributed by atoms with Gasteiger partial charge in [-0.25, -0.2) is 0 Å². The van der Waals surface area contributed by atoms with E-state index in [4.69, 9.17) is 0 Å². The molecule has 2 aliphatic rings. The lowest BCUT2D eigenvalue weighted by atomic mass is 9.84. The zero-order valence-corrected chi connectivity index (χ0v) is 13.7. The van der Waals surface area contributed by atoms with E-state index < -0.39 is 0 Å². The van der Waals surface area contributed by atoms with Crippen LogP contribution in [0.5, 0.6) is 0 Å². The third-order valence-corrected chi connectivity index (χ3v) is 5.76. The fourth-order valence-corrected chi connectivity index (χ4v) is 4.05. The first-order chi connectivity index (χ1) is 10.2. The largest absolute Gasteiger partial charge is 0.335 e. The van der Waals surface area contributed by atoms with Crippen LogP contribution < -0.4 is 5.32 Å². The number of carbonyl (C=O) groups excluding carboxylic acids is 1. The number of thiophene rings is 1. The number of piperidine rings is 1. The number of hydrogen-bond donors (Lipinski definition) is 1. The van der Waals surface area contributed by atoms with Gasteiger partial charge in [-0.2, -0.15) is 0 Å². The molecule has 116 valence electrons. The number of nitrogens with zero attached hydrogens (tertiary/aromatic N) is 1. The maximum absolute atomic E-state index is 12.7. The third-order valence-electron chi connectivity index (χ3n) is 4.90. The molecule has 0 spiro atoms. The molecule has 3 nitrogen and oxygen atoms in total. The Hall–Kier alpha value is -0.870. The van der Waals surface area contributed by atoms with Crippen molar-refractivity contribution in [3.05, 3.63) is 22.4 Å². The van der Waals surface area contributed by atoms with E-state index in [1.165, 1.54) is 30.6 Å². The maximum atomic E-state index is 12.7. The minimum absolute atomic E-state index is 0.372. The minimum Gasteiger partial charge on any atom is -0.335 e. The SMILES string of the molecule is CC(CC(=O)N(Cc1cccs1)C1CC1)C1CCNCC1. The van der Waals surface area contributed by atoms with Crippen molar-refractivity contribution in [2.75, 3.05) is 13.1 Å². The summed E-state index contributed by atoms with van der Waals surface area (Å²) in [4.78, 5) is 16.2. The lowest BCUT2D eigenvalue weighted by molar-refractivity contribution is -0.133. The molecule has 0 radical (unpaired) electrons. The number of hydrogen-bond acceptors (Lipinski definition) is 3. The van der Waals surface area contributed by atoms with E-state index in [-0.39, 0.29) is 0 Å². The lowest BCUT2D eigenvalue weighted by Gasteiger charge is -2.30.